The van der Waals surface area contributed by atoms with Gasteiger partial charge in [0.05, 0.1) is 42.9 Å². The maximum atomic E-state index is 13.7. The van der Waals surface area contributed by atoms with Crippen LogP contribution in [-0.2, 0) is 35.5 Å². The minimum Gasteiger partial charge on any atom is -0.441 e. The average molecular weight is 577 g/mol. The molecule has 0 spiro atoms. The molecule has 12 nitrogen and oxygen atoms in total. The van der Waals surface area contributed by atoms with E-state index in [1.54, 1.807) is 0 Å². The summed E-state index contributed by atoms with van der Waals surface area (Å²) in [6, 6.07) is 12.3. The number of sulfonamides is 1. The number of ether oxygens (including phenoxy) is 3. The fourth-order valence-electron chi connectivity index (χ4n) is 4.62. The van der Waals surface area contributed by atoms with E-state index < -0.39 is 40.9 Å². The Kier molecular flexibility index (Phi) is 10.5. The molecule has 0 unspecified atom stereocenters. The Hall–Kier alpha value is -3.07. The van der Waals surface area contributed by atoms with Gasteiger partial charge in [0.2, 0.25) is 0 Å². The zero-order valence-corrected chi connectivity index (χ0v) is 22.9. The number of hydrogen-bond acceptors (Lipinski definition) is 10. The van der Waals surface area contributed by atoms with Gasteiger partial charge in [-0.2, -0.15) is 0 Å². The lowest BCUT2D eigenvalue weighted by atomic mass is 10.0. The van der Waals surface area contributed by atoms with E-state index in [1.165, 1.54) is 18.2 Å². The molecule has 2 aromatic carbocycles. The number of hydrogen-bond donors (Lipinski definition) is 4. The standard InChI is InChI=1S/C27H36N4O8S/c28-14-20-10-11-23(13-24(20)29)40(34,35)31(39-21-8-4-5-9-21)15-26(32)25(12-19-6-2-1-3-7-19)30-27(33)38-22-16-36-18-37-17-22/h1-3,6-7,10-11,13-14,21-22,25-26,28,32H,4-5,8-9,12,15-18,29H2,(H,30,33)/t25-,26+/m0/s1. The number of rotatable bonds is 12. The fourth-order valence-corrected chi connectivity index (χ4v) is 5.96. The van der Waals surface area contributed by atoms with Gasteiger partial charge in [0, 0.05) is 17.5 Å². The predicted molar refractivity (Wildman–Crippen MR) is 146 cm³/mol. The number of hydroxylamine groups is 1. The number of nitrogens with two attached hydrogens (primary N) is 1. The van der Waals surface area contributed by atoms with Crippen LogP contribution in [-0.4, -0.2) is 81.2 Å². The summed E-state index contributed by atoms with van der Waals surface area (Å²) in [6.07, 6.45) is 1.29. The molecule has 0 radical (unpaired) electrons. The molecule has 1 saturated carbocycles. The zero-order chi connectivity index (χ0) is 28.5. The van der Waals surface area contributed by atoms with E-state index in [-0.39, 0.29) is 43.1 Å². The molecular formula is C27H36N4O8S. The van der Waals surface area contributed by atoms with Crippen LogP contribution in [0.2, 0.25) is 0 Å². The molecule has 0 bridgehead atoms. The Morgan fingerprint density at radius 3 is 2.50 bits per heavy atom. The van der Waals surface area contributed by atoms with Gasteiger partial charge in [-0.3, -0.25) is 4.84 Å². The third-order valence-electron chi connectivity index (χ3n) is 6.80. The molecule has 4 rings (SSSR count). The van der Waals surface area contributed by atoms with E-state index >= 15 is 0 Å². The summed E-state index contributed by atoms with van der Waals surface area (Å²) in [7, 11) is -4.27. The minimum atomic E-state index is -4.27. The maximum Gasteiger partial charge on any atom is 0.407 e. The number of benzene rings is 2. The van der Waals surface area contributed by atoms with Crippen LogP contribution in [0, 0.1) is 5.41 Å². The molecule has 1 heterocycles. The molecule has 2 aromatic rings. The number of anilines is 1. The number of aliphatic hydroxyl groups is 1. The molecule has 2 atom stereocenters. The Morgan fingerprint density at radius 2 is 1.85 bits per heavy atom. The number of alkyl carbamates (subject to hydrolysis) is 1. The molecule has 0 aromatic heterocycles. The van der Waals surface area contributed by atoms with Crippen molar-refractivity contribution in [3.05, 3.63) is 59.7 Å². The van der Waals surface area contributed by atoms with Crippen molar-refractivity contribution in [1.82, 2.24) is 9.79 Å². The number of amides is 1. The van der Waals surface area contributed by atoms with Crippen LogP contribution in [0.1, 0.15) is 36.8 Å². The number of nitrogens with one attached hydrogen (secondary N) is 2. The van der Waals surface area contributed by atoms with E-state index in [0.717, 1.165) is 29.1 Å². The van der Waals surface area contributed by atoms with Crippen LogP contribution >= 0.6 is 0 Å². The van der Waals surface area contributed by atoms with Crippen LogP contribution < -0.4 is 11.1 Å². The number of aliphatic hydroxyl groups excluding tert-OH is 1. The van der Waals surface area contributed by atoms with Crippen molar-refractivity contribution in [1.29, 1.82) is 5.41 Å². The summed E-state index contributed by atoms with van der Waals surface area (Å²) in [5.41, 5.74) is 7.27. The van der Waals surface area contributed by atoms with E-state index in [1.807, 2.05) is 30.3 Å². The molecule has 1 amide bonds. The first-order chi connectivity index (χ1) is 19.3. The summed E-state index contributed by atoms with van der Waals surface area (Å²) in [5, 5.41) is 21.5. The van der Waals surface area contributed by atoms with Gasteiger partial charge in [-0.1, -0.05) is 53.7 Å². The third-order valence-corrected chi connectivity index (χ3v) is 8.42. The highest BCUT2D eigenvalue weighted by atomic mass is 32.2. The lowest BCUT2D eigenvalue weighted by Crippen LogP contribution is -2.52. The quantitative estimate of drug-likeness (QED) is 0.168. The van der Waals surface area contributed by atoms with Crippen molar-refractivity contribution in [3.8, 4) is 0 Å². The minimum absolute atomic E-state index is 0.123. The third kappa shape index (κ3) is 7.99. The highest BCUT2D eigenvalue weighted by Crippen LogP contribution is 2.27. The van der Waals surface area contributed by atoms with Crippen molar-refractivity contribution in [3.63, 3.8) is 0 Å². The van der Waals surface area contributed by atoms with Gasteiger partial charge in [0.25, 0.3) is 10.0 Å². The average Bonchev–Trinajstić information content (AvgIpc) is 3.46. The van der Waals surface area contributed by atoms with Crippen molar-refractivity contribution in [2.75, 3.05) is 32.3 Å². The predicted octanol–water partition coefficient (Wildman–Crippen LogP) is 2.20. The molecule has 13 heteroatoms. The topological polar surface area (TPSA) is 174 Å². The van der Waals surface area contributed by atoms with Crippen LogP contribution in [0.3, 0.4) is 0 Å². The van der Waals surface area contributed by atoms with E-state index in [4.69, 9.17) is 30.2 Å². The van der Waals surface area contributed by atoms with Gasteiger partial charge in [-0.15, -0.1) is 0 Å². The van der Waals surface area contributed by atoms with Crippen molar-refractivity contribution in [2.24, 2.45) is 0 Å². The van der Waals surface area contributed by atoms with E-state index in [2.05, 4.69) is 5.32 Å². The number of carbonyl (C=O) groups is 1. The van der Waals surface area contributed by atoms with Crippen LogP contribution in [0.5, 0.6) is 0 Å². The molecule has 2 aliphatic rings. The zero-order valence-electron chi connectivity index (χ0n) is 22.1. The maximum absolute atomic E-state index is 13.7. The summed E-state index contributed by atoms with van der Waals surface area (Å²) < 4.78 is 43.9. The normalized spacial score (nSPS) is 18.4. The largest absolute Gasteiger partial charge is 0.441 e. The van der Waals surface area contributed by atoms with Crippen LogP contribution in [0.25, 0.3) is 0 Å². The molecule has 40 heavy (non-hydrogen) atoms. The molecule has 5 N–H and O–H groups in total. The molecule has 218 valence electrons. The van der Waals surface area contributed by atoms with Gasteiger partial charge in [-0.25, -0.2) is 13.2 Å². The summed E-state index contributed by atoms with van der Waals surface area (Å²) in [6.45, 7) is 0.0251. The first-order valence-electron chi connectivity index (χ1n) is 13.2. The van der Waals surface area contributed by atoms with Crippen LogP contribution in [0.4, 0.5) is 10.5 Å². The lowest BCUT2D eigenvalue weighted by Gasteiger charge is -2.31. The molecule has 1 saturated heterocycles. The lowest BCUT2D eigenvalue weighted by molar-refractivity contribution is -0.153. The van der Waals surface area contributed by atoms with Gasteiger partial charge in [0.1, 0.15) is 6.79 Å². The van der Waals surface area contributed by atoms with Gasteiger partial charge >= 0.3 is 6.09 Å². The smallest absolute Gasteiger partial charge is 0.407 e. The Morgan fingerprint density at radius 1 is 1.15 bits per heavy atom. The van der Waals surface area contributed by atoms with E-state index in [0.29, 0.717) is 18.4 Å². The van der Waals surface area contributed by atoms with Crippen LogP contribution in [0.15, 0.2) is 53.4 Å². The van der Waals surface area contributed by atoms with Gasteiger partial charge in [-0.05, 0) is 37.0 Å². The molecule has 1 aliphatic carbocycles. The van der Waals surface area contributed by atoms with Gasteiger partial charge < -0.3 is 35.8 Å². The summed E-state index contributed by atoms with van der Waals surface area (Å²) >= 11 is 0. The number of carbonyl (C=O) groups excluding carboxylic acids is 1. The van der Waals surface area contributed by atoms with Crippen molar-refractivity contribution >= 4 is 28.0 Å². The monoisotopic (exact) mass is 576 g/mol. The van der Waals surface area contributed by atoms with E-state index in [9.17, 15) is 18.3 Å². The Balaban J connectivity index is 1.56. The number of nitrogen functional groups attached to an aromatic ring is 1. The van der Waals surface area contributed by atoms with Gasteiger partial charge in [0.15, 0.2) is 6.10 Å². The Labute approximate surface area is 233 Å². The second kappa shape index (κ2) is 14.0. The van der Waals surface area contributed by atoms with Crippen molar-refractivity contribution < 1.29 is 37.4 Å². The second-order valence-electron chi connectivity index (χ2n) is 9.83. The molecular weight excluding hydrogens is 540 g/mol. The highest BCUT2D eigenvalue weighted by Gasteiger charge is 2.35. The Bertz CT molecular complexity index is 1230. The summed E-state index contributed by atoms with van der Waals surface area (Å²) in [5.74, 6) is 0. The fraction of sp³-hybridized carbons (Fsp3) is 0.481. The summed E-state index contributed by atoms with van der Waals surface area (Å²) in [4.78, 5) is 18.6. The SMILES string of the molecule is N=Cc1ccc(S(=O)(=O)N(C[C@@H](O)[C@H](Cc2ccccc2)NC(=O)OC2COCOC2)OC2CCCC2)cc1N. The highest BCUT2D eigenvalue weighted by molar-refractivity contribution is 7.89. The van der Waals surface area contributed by atoms with Crippen molar-refractivity contribution in [2.45, 2.75) is 61.4 Å². The number of nitrogens with zero attached hydrogens (tertiary/aromatic N) is 1. The second-order valence-corrected chi connectivity index (χ2v) is 11.7. The first kappa shape index (κ1) is 29.9. The molecule has 1 aliphatic heterocycles. The first-order valence-corrected chi connectivity index (χ1v) is 14.6. The molecule has 2 fully saturated rings.